The van der Waals surface area contributed by atoms with Crippen LogP contribution in [0, 0.1) is 0 Å². The fraction of sp³-hybridized carbons (Fsp3) is 0.154. The van der Waals surface area contributed by atoms with E-state index < -0.39 is 0 Å². The minimum atomic E-state index is -0.295. The van der Waals surface area contributed by atoms with E-state index in [1.807, 2.05) is 61.2 Å². The molecule has 1 N–H and O–H groups in total. The maximum atomic E-state index is 6.66. The number of nitrogens with zero attached hydrogens (tertiary/aromatic N) is 4. The summed E-state index contributed by atoms with van der Waals surface area (Å²) >= 11 is 6.21. The van der Waals surface area contributed by atoms with E-state index >= 15 is 0 Å². The summed E-state index contributed by atoms with van der Waals surface area (Å²) < 4.78 is 8.57. The minimum absolute atomic E-state index is 0.192. The first kappa shape index (κ1) is 19.9. The van der Waals surface area contributed by atoms with Crippen molar-refractivity contribution < 1.29 is 4.74 Å². The van der Waals surface area contributed by atoms with Gasteiger partial charge in [0.05, 0.1) is 5.70 Å². The topological polar surface area (TPSA) is 55.2 Å². The van der Waals surface area contributed by atoms with E-state index in [9.17, 15) is 0 Å². The van der Waals surface area contributed by atoms with Gasteiger partial charge in [-0.15, -0.1) is 0 Å². The lowest BCUT2D eigenvalue weighted by Gasteiger charge is -2.39. The van der Waals surface area contributed by atoms with Gasteiger partial charge >= 0.3 is 0 Å². The number of nitrogens with one attached hydrogen (secondary N) is 1. The highest BCUT2D eigenvalue weighted by molar-refractivity contribution is 6.30. The molecule has 0 aliphatic carbocycles. The zero-order valence-corrected chi connectivity index (χ0v) is 19.0. The van der Waals surface area contributed by atoms with Gasteiger partial charge in [0.2, 0.25) is 5.95 Å². The molecule has 2 atom stereocenters. The van der Waals surface area contributed by atoms with Crippen molar-refractivity contribution in [3.05, 3.63) is 106 Å². The first-order valence-corrected chi connectivity index (χ1v) is 11.2. The number of rotatable bonds is 3. The number of halogens is 1. The van der Waals surface area contributed by atoms with Crippen LogP contribution in [-0.2, 0) is 0 Å². The van der Waals surface area contributed by atoms with Gasteiger partial charge in [-0.1, -0.05) is 48.0 Å². The van der Waals surface area contributed by atoms with E-state index in [1.54, 1.807) is 6.33 Å². The Hall–Kier alpha value is -3.77. The highest BCUT2D eigenvalue weighted by atomic mass is 35.5. The number of anilines is 2. The van der Waals surface area contributed by atoms with Crippen LogP contribution in [0.2, 0.25) is 5.02 Å². The molecule has 2 aliphatic heterocycles. The van der Waals surface area contributed by atoms with E-state index in [1.165, 1.54) is 0 Å². The monoisotopic (exact) mass is 455 g/mol. The molecule has 0 saturated heterocycles. The number of aromatic nitrogens is 3. The number of fused-ring (bicyclic) bond motifs is 3. The molecule has 0 bridgehead atoms. The van der Waals surface area contributed by atoms with E-state index in [0.29, 0.717) is 11.0 Å². The van der Waals surface area contributed by atoms with Crippen molar-refractivity contribution in [2.24, 2.45) is 0 Å². The van der Waals surface area contributed by atoms with Crippen LogP contribution in [0.4, 0.5) is 11.6 Å². The van der Waals surface area contributed by atoms with Crippen LogP contribution in [0.5, 0.6) is 5.75 Å². The molecular formula is C26H22ClN5O. The number of ether oxygens (including phenoxy) is 1. The van der Waals surface area contributed by atoms with Crippen molar-refractivity contribution in [1.29, 1.82) is 0 Å². The SMILES string of the molecule is CN(C)c1ccc([C@@H]2Oc3ccccc3C3=C2[C@@H](c2ccc(Cl)cc2)n2ncnc2N3)cc1. The zero-order chi connectivity index (χ0) is 22.5. The third kappa shape index (κ3) is 3.26. The Bertz CT molecular complexity index is 1360. The molecule has 164 valence electrons. The molecular weight excluding hydrogens is 434 g/mol. The molecule has 0 radical (unpaired) electrons. The second kappa shape index (κ2) is 7.67. The van der Waals surface area contributed by atoms with Gasteiger partial charge in [-0.3, -0.25) is 0 Å². The van der Waals surface area contributed by atoms with Crippen LogP contribution in [0.3, 0.4) is 0 Å². The summed E-state index contributed by atoms with van der Waals surface area (Å²) in [4.78, 5) is 6.57. The fourth-order valence-corrected chi connectivity index (χ4v) is 4.73. The Morgan fingerprint density at radius 2 is 1.67 bits per heavy atom. The lowest BCUT2D eigenvalue weighted by molar-refractivity contribution is 0.223. The van der Waals surface area contributed by atoms with E-state index in [0.717, 1.165) is 39.4 Å². The molecule has 2 aliphatic rings. The maximum Gasteiger partial charge on any atom is 0.226 e. The van der Waals surface area contributed by atoms with Crippen molar-refractivity contribution >= 4 is 28.9 Å². The van der Waals surface area contributed by atoms with Crippen LogP contribution in [0.25, 0.3) is 5.70 Å². The first-order valence-electron chi connectivity index (χ1n) is 10.8. The second-order valence-corrected chi connectivity index (χ2v) is 8.85. The number of benzene rings is 3. The van der Waals surface area contributed by atoms with Crippen LogP contribution < -0.4 is 15.0 Å². The second-order valence-electron chi connectivity index (χ2n) is 8.42. The van der Waals surface area contributed by atoms with Crippen LogP contribution in [-0.4, -0.2) is 28.9 Å². The smallest absolute Gasteiger partial charge is 0.226 e. The molecule has 7 heteroatoms. The van der Waals surface area contributed by atoms with Crippen molar-refractivity contribution in [3.8, 4) is 5.75 Å². The van der Waals surface area contributed by atoms with Gasteiger partial charge in [0.15, 0.2) is 0 Å². The number of hydrogen-bond donors (Lipinski definition) is 1. The lowest BCUT2D eigenvalue weighted by atomic mass is 9.84. The molecule has 3 aromatic carbocycles. The Morgan fingerprint density at radius 1 is 0.939 bits per heavy atom. The first-order chi connectivity index (χ1) is 16.1. The summed E-state index contributed by atoms with van der Waals surface area (Å²) in [5.74, 6) is 1.54. The summed E-state index contributed by atoms with van der Waals surface area (Å²) in [5, 5.41) is 8.79. The Kier molecular flexibility index (Phi) is 4.62. The molecule has 0 fully saturated rings. The average Bonchev–Trinajstić information content (AvgIpc) is 3.31. The standard InChI is InChI=1S/C26H22ClN5O/c1-31(2)19-13-9-17(10-14-19)25-22-23(20-5-3-4-6-21(20)33-25)30-26-28-15-29-32(26)24(22)16-7-11-18(27)12-8-16/h3-15,24-25H,1-2H3,(H,28,29,30)/t24-,25+/m1/s1. The summed E-state index contributed by atoms with van der Waals surface area (Å²) in [6.07, 6.45) is 1.29. The van der Waals surface area contributed by atoms with Crippen molar-refractivity contribution in [2.75, 3.05) is 24.3 Å². The van der Waals surface area contributed by atoms with Crippen molar-refractivity contribution in [1.82, 2.24) is 14.8 Å². The van der Waals surface area contributed by atoms with E-state index in [2.05, 4.69) is 50.6 Å². The van der Waals surface area contributed by atoms with Gasteiger partial charge in [0, 0.05) is 35.9 Å². The third-order valence-corrected chi connectivity index (χ3v) is 6.47. The maximum absolute atomic E-state index is 6.66. The highest BCUT2D eigenvalue weighted by Gasteiger charge is 2.40. The van der Waals surface area contributed by atoms with Gasteiger partial charge in [-0.05, 0) is 47.5 Å². The quantitative estimate of drug-likeness (QED) is 0.438. The van der Waals surface area contributed by atoms with Gasteiger partial charge in [-0.2, -0.15) is 10.1 Å². The largest absolute Gasteiger partial charge is 0.480 e. The molecule has 0 saturated carbocycles. The van der Waals surface area contributed by atoms with E-state index in [-0.39, 0.29) is 12.1 Å². The molecule has 33 heavy (non-hydrogen) atoms. The Balaban J connectivity index is 1.58. The zero-order valence-electron chi connectivity index (χ0n) is 18.2. The minimum Gasteiger partial charge on any atom is -0.480 e. The van der Waals surface area contributed by atoms with Crippen LogP contribution >= 0.6 is 11.6 Å². The third-order valence-electron chi connectivity index (χ3n) is 6.22. The van der Waals surface area contributed by atoms with Crippen LogP contribution in [0.1, 0.15) is 28.8 Å². The summed E-state index contributed by atoms with van der Waals surface area (Å²) in [6.45, 7) is 0. The van der Waals surface area contributed by atoms with Gasteiger partial charge in [0.25, 0.3) is 0 Å². The van der Waals surface area contributed by atoms with Crippen molar-refractivity contribution in [3.63, 3.8) is 0 Å². The number of hydrogen-bond acceptors (Lipinski definition) is 5. The summed E-state index contributed by atoms with van der Waals surface area (Å²) in [7, 11) is 4.08. The molecule has 6 nitrogen and oxygen atoms in total. The predicted octanol–water partition coefficient (Wildman–Crippen LogP) is 5.56. The van der Waals surface area contributed by atoms with Gasteiger partial charge in [-0.25, -0.2) is 4.68 Å². The molecule has 0 spiro atoms. The molecule has 0 amide bonds. The lowest BCUT2D eigenvalue weighted by Crippen LogP contribution is -2.32. The molecule has 4 aromatic rings. The number of para-hydroxylation sites is 1. The molecule has 0 unspecified atom stereocenters. The normalized spacial score (nSPS) is 18.5. The Morgan fingerprint density at radius 3 is 2.42 bits per heavy atom. The average molecular weight is 456 g/mol. The summed E-state index contributed by atoms with van der Waals surface area (Å²) in [5.41, 5.74) is 6.40. The van der Waals surface area contributed by atoms with Gasteiger partial charge in [0.1, 0.15) is 24.2 Å². The molecule has 3 heterocycles. The van der Waals surface area contributed by atoms with Crippen LogP contribution in [0.15, 0.2) is 84.7 Å². The van der Waals surface area contributed by atoms with Gasteiger partial charge < -0.3 is 15.0 Å². The molecule has 1 aromatic heterocycles. The molecule has 6 rings (SSSR count). The van der Waals surface area contributed by atoms with E-state index in [4.69, 9.17) is 16.3 Å². The van der Waals surface area contributed by atoms with Crippen molar-refractivity contribution in [2.45, 2.75) is 12.1 Å². The summed E-state index contributed by atoms with van der Waals surface area (Å²) in [6, 6.07) is 24.3. The fourth-order valence-electron chi connectivity index (χ4n) is 4.61. The highest BCUT2D eigenvalue weighted by Crippen LogP contribution is 2.50. The Labute approximate surface area is 197 Å². The predicted molar refractivity (Wildman–Crippen MR) is 131 cm³/mol.